The Morgan fingerprint density at radius 2 is 1.43 bits per heavy atom. The molecule has 1 aromatic carbocycles. The summed E-state index contributed by atoms with van der Waals surface area (Å²) in [6, 6.07) is 8.88. The largest absolute Gasteiger partial charge is 0.494 e. The molecule has 1 aliphatic carbocycles. The summed E-state index contributed by atoms with van der Waals surface area (Å²) in [6.45, 7) is 3.14. The van der Waals surface area contributed by atoms with Gasteiger partial charge in [-0.05, 0) is 62.1 Å². The maximum Gasteiger partial charge on any atom is 0.119 e. The van der Waals surface area contributed by atoms with Crippen molar-refractivity contribution in [1.82, 2.24) is 0 Å². The molecule has 0 N–H and O–H groups in total. The van der Waals surface area contributed by atoms with Gasteiger partial charge in [-0.25, -0.2) is 0 Å². The highest BCUT2D eigenvalue weighted by molar-refractivity contribution is 5.29. The molecule has 0 aliphatic heterocycles. The Labute approximate surface area is 143 Å². The number of rotatable bonds is 11. The fourth-order valence-electron chi connectivity index (χ4n) is 3.52. The smallest absolute Gasteiger partial charge is 0.119 e. The Morgan fingerprint density at radius 1 is 0.826 bits per heavy atom. The average Bonchev–Trinajstić information content (AvgIpc) is 2.62. The number of hydrogen-bond donors (Lipinski definition) is 0. The maximum absolute atomic E-state index is 5.89. The lowest BCUT2D eigenvalue weighted by molar-refractivity contribution is 0.304. The highest BCUT2D eigenvalue weighted by atomic mass is 16.5. The van der Waals surface area contributed by atoms with E-state index in [2.05, 4.69) is 37.6 Å². The maximum atomic E-state index is 5.89. The third kappa shape index (κ3) is 7.42. The minimum atomic E-state index is 0.766. The quantitative estimate of drug-likeness (QED) is 0.397. The van der Waals surface area contributed by atoms with Crippen molar-refractivity contribution in [3.05, 3.63) is 36.2 Å². The highest BCUT2D eigenvalue weighted by Gasteiger charge is 2.15. The van der Waals surface area contributed by atoms with Crippen LogP contribution < -0.4 is 4.74 Å². The molecule has 1 saturated carbocycles. The molecule has 23 heavy (non-hydrogen) atoms. The van der Waals surface area contributed by atoms with Crippen molar-refractivity contribution in [3.8, 4) is 5.75 Å². The van der Waals surface area contributed by atoms with E-state index in [9.17, 15) is 0 Å². The van der Waals surface area contributed by atoms with Gasteiger partial charge in [-0.15, -0.1) is 0 Å². The van der Waals surface area contributed by atoms with Gasteiger partial charge in [0.2, 0.25) is 0 Å². The molecule has 1 fully saturated rings. The molecule has 1 radical (unpaired) electrons. The van der Waals surface area contributed by atoms with Gasteiger partial charge in [0, 0.05) is 0 Å². The zero-order valence-corrected chi connectivity index (χ0v) is 15.1. The zero-order chi connectivity index (χ0) is 16.2. The van der Waals surface area contributed by atoms with Crippen molar-refractivity contribution in [2.24, 2.45) is 0 Å². The average molecular weight is 316 g/mol. The van der Waals surface area contributed by atoms with Gasteiger partial charge in [-0.2, -0.15) is 0 Å². The lowest BCUT2D eigenvalue weighted by Gasteiger charge is -2.21. The monoisotopic (exact) mass is 315 g/mol. The van der Waals surface area contributed by atoms with Gasteiger partial charge in [0.05, 0.1) is 6.61 Å². The Morgan fingerprint density at radius 3 is 2.09 bits per heavy atom. The number of hydrogen-bond acceptors (Lipinski definition) is 1. The van der Waals surface area contributed by atoms with Gasteiger partial charge in [0.1, 0.15) is 5.75 Å². The van der Waals surface area contributed by atoms with Crippen LogP contribution in [0.4, 0.5) is 0 Å². The highest BCUT2D eigenvalue weighted by Crippen LogP contribution is 2.32. The van der Waals surface area contributed by atoms with E-state index >= 15 is 0 Å². The molecule has 0 bridgehead atoms. The fourth-order valence-corrected chi connectivity index (χ4v) is 3.52. The molecule has 129 valence electrons. The first-order valence-electron chi connectivity index (χ1n) is 9.94. The minimum Gasteiger partial charge on any atom is -0.494 e. The molecule has 0 atom stereocenters. The molecular formula is C22H35O. The molecule has 1 aliphatic rings. The van der Waals surface area contributed by atoms with E-state index in [0.29, 0.717) is 0 Å². The SMILES string of the molecule is CCCCCCCCCCOc1ccc(C2CC[CH]CC2)cc1. The molecule has 1 nitrogen and oxygen atoms in total. The summed E-state index contributed by atoms with van der Waals surface area (Å²) in [6.07, 6.45) is 18.4. The lowest BCUT2D eigenvalue weighted by atomic mass is 9.84. The molecule has 2 rings (SSSR count). The minimum absolute atomic E-state index is 0.766. The molecule has 0 saturated heterocycles. The summed E-state index contributed by atoms with van der Waals surface area (Å²) in [5.74, 6) is 1.81. The summed E-state index contributed by atoms with van der Waals surface area (Å²) >= 11 is 0. The first-order valence-corrected chi connectivity index (χ1v) is 9.94. The van der Waals surface area contributed by atoms with Crippen molar-refractivity contribution in [1.29, 1.82) is 0 Å². The Bertz CT molecular complexity index is 389. The Hall–Kier alpha value is -0.980. The normalized spacial score (nSPS) is 15.7. The van der Waals surface area contributed by atoms with E-state index in [0.717, 1.165) is 18.3 Å². The molecule has 0 unspecified atom stereocenters. The number of benzene rings is 1. The van der Waals surface area contributed by atoms with Crippen LogP contribution in [0.5, 0.6) is 5.75 Å². The standard InChI is InChI=1S/C22H35O/c1-2-3-4-5-6-7-8-12-19-23-22-17-15-21(16-18-22)20-13-10-9-11-14-20/h9,15-18,20H,2-8,10-14,19H2,1H3. The first kappa shape index (κ1) is 18.4. The second-order valence-corrected chi connectivity index (χ2v) is 7.03. The molecule has 0 amide bonds. The summed E-state index contributed by atoms with van der Waals surface area (Å²) in [5.41, 5.74) is 1.50. The van der Waals surface area contributed by atoms with Gasteiger partial charge >= 0.3 is 0 Å². The van der Waals surface area contributed by atoms with Gasteiger partial charge in [0.25, 0.3) is 0 Å². The van der Waals surface area contributed by atoms with Gasteiger partial charge in [0.15, 0.2) is 0 Å². The predicted octanol–water partition coefficient (Wildman–Crippen LogP) is 7.07. The van der Waals surface area contributed by atoms with Crippen LogP contribution in [0.25, 0.3) is 0 Å². The third-order valence-electron chi connectivity index (χ3n) is 5.06. The predicted molar refractivity (Wildman–Crippen MR) is 100 cm³/mol. The van der Waals surface area contributed by atoms with E-state index in [1.807, 2.05) is 0 Å². The van der Waals surface area contributed by atoms with E-state index < -0.39 is 0 Å². The molecule has 0 spiro atoms. The van der Waals surface area contributed by atoms with Crippen molar-refractivity contribution in [3.63, 3.8) is 0 Å². The summed E-state index contributed by atoms with van der Waals surface area (Å²) in [5, 5.41) is 0. The van der Waals surface area contributed by atoms with E-state index in [-0.39, 0.29) is 0 Å². The van der Waals surface area contributed by atoms with Crippen LogP contribution in [-0.4, -0.2) is 6.61 Å². The topological polar surface area (TPSA) is 9.23 Å². The van der Waals surface area contributed by atoms with Crippen molar-refractivity contribution >= 4 is 0 Å². The van der Waals surface area contributed by atoms with Crippen LogP contribution in [0.3, 0.4) is 0 Å². The fraction of sp³-hybridized carbons (Fsp3) is 0.682. The van der Waals surface area contributed by atoms with Crippen LogP contribution in [0, 0.1) is 6.42 Å². The van der Waals surface area contributed by atoms with Crippen molar-refractivity contribution < 1.29 is 4.74 Å². The second kappa shape index (κ2) is 11.5. The van der Waals surface area contributed by atoms with Crippen LogP contribution in [0.1, 0.15) is 95.5 Å². The molecule has 0 heterocycles. The van der Waals surface area contributed by atoms with Gasteiger partial charge in [-0.1, -0.05) is 64.0 Å². The second-order valence-electron chi connectivity index (χ2n) is 7.03. The van der Waals surface area contributed by atoms with Crippen LogP contribution in [-0.2, 0) is 0 Å². The zero-order valence-electron chi connectivity index (χ0n) is 15.1. The Balaban J connectivity index is 1.54. The van der Waals surface area contributed by atoms with Crippen LogP contribution >= 0.6 is 0 Å². The van der Waals surface area contributed by atoms with Crippen molar-refractivity contribution in [2.45, 2.75) is 89.9 Å². The lowest BCUT2D eigenvalue weighted by Crippen LogP contribution is -2.05. The Kier molecular flexibility index (Phi) is 9.21. The molecule has 0 aromatic heterocycles. The van der Waals surface area contributed by atoms with Gasteiger partial charge in [-0.3, -0.25) is 0 Å². The van der Waals surface area contributed by atoms with E-state index in [4.69, 9.17) is 4.74 Å². The van der Waals surface area contributed by atoms with Crippen LogP contribution in [0.15, 0.2) is 24.3 Å². The molecular weight excluding hydrogens is 280 g/mol. The summed E-state index contributed by atoms with van der Waals surface area (Å²) in [4.78, 5) is 0. The third-order valence-corrected chi connectivity index (χ3v) is 5.06. The first-order chi connectivity index (χ1) is 11.4. The van der Waals surface area contributed by atoms with E-state index in [1.54, 1.807) is 0 Å². The van der Waals surface area contributed by atoms with Crippen molar-refractivity contribution in [2.75, 3.05) is 6.61 Å². The van der Waals surface area contributed by atoms with Gasteiger partial charge < -0.3 is 4.74 Å². The summed E-state index contributed by atoms with van der Waals surface area (Å²) in [7, 11) is 0. The number of unbranched alkanes of at least 4 members (excludes halogenated alkanes) is 7. The number of ether oxygens (including phenoxy) is 1. The molecule has 1 aromatic rings. The summed E-state index contributed by atoms with van der Waals surface area (Å²) < 4.78 is 5.89. The van der Waals surface area contributed by atoms with E-state index in [1.165, 1.54) is 82.6 Å². The molecule has 1 heteroatoms. The van der Waals surface area contributed by atoms with Crippen LogP contribution in [0.2, 0.25) is 0 Å².